The second-order valence-corrected chi connectivity index (χ2v) is 6.32. The van der Waals surface area contributed by atoms with Gasteiger partial charge in [-0.3, -0.25) is 5.32 Å². The van der Waals surface area contributed by atoms with Crippen LogP contribution in [0.15, 0.2) is 24.3 Å². The van der Waals surface area contributed by atoms with Crippen molar-refractivity contribution < 1.29 is 4.79 Å². The van der Waals surface area contributed by atoms with Crippen molar-refractivity contribution in [3.8, 4) is 0 Å². The molecule has 21 heavy (non-hydrogen) atoms. The highest BCUT2D eigenvalue weighted by molar-refractivity contribution is 7.15. The number of aromatic nitrogens is 1. The molecule has 0 spiro atoms. The second kappa shape index (κ2) is 5.83. The molecule has 1 aliphatic rings. The molecule has 1 unspecified atom stereocenters. The van der Waals surface area contributed by atoms with Crippen molar-refractivity contribution in [1.82, 2.24) is 4.98 Å². The van der Waals surface area contributed by atoms with Crippen molar-refractivity contribution in [2.45, 2.75) is 32.2 Å². The zero-order valence-corrected chi connectivity index (χ0v) is 12.7. The highest BCUT2D eigenvalue weighted by atomic mass is 32.1. The van der Waals surface area contributed by atoms with E-state index in [-0.39, 0.29) is 12.1 Å². The molecular weight excluding hydrogens is 284 g/mol. The zero-order valence-electron chi connectivity index (χ0n) is 11.8. The molecule has 1 aromatic carbocycles. The van der Waals surface area contributed by atoms with Gasteiger partial charge < -0.3 is 11.1 Å². The maximum atomic E-state index is 11.9. The van der Waals surface area contributed by atoms with E-state index in [1.165, 1.54) is 11.3 Å². The van der Waals surface area contributed by atoms with Crippen molar-refractivity contribution in [1.29, 1.82) is 0 Å². The fourth-order valence-corrected chi connectivity index (χ4v) is 3.42. The third-order valence-electron chi connectivity index (χ3n) is 3.51. The average molecular weight is 302 g/mol. The Morgan fingerprint density at radius 1 is 1.29 bits per heavy atom. The topological polar surface area (TPSA) is 80.0 Å². The number of anilines is 2. The minimum atomic E-state index is -0.268. The summed E-state index contributed by atoms with van der Waals surface area (Å²) >= 11 is 1.57. The van der Waals surface area contributed by atoms with Crippen molar-refractivity contribution in [2.75, 3.05) is 10.6 Å². The Balaban J connectivity index is 1.60. The molecule has 5 nitrogen and oxygen atoms in total. The lowest BCUT2D eigenvalue weighted by Crippen LogP contribution is -2.19. The van der Waals surface area contributed by atoms with Crippen LogP contribution >= 0.6 is 11.3 Å². The lowest BCUT2D eigenvalue weighted by molar-refractivity contribution is 0.262. The number of amides is 2. The first-order valence-corrected chi connectivity index (χ1v) is 7.85. The molecule has 0 saturated heterocycles. The summed E-state index contributed by atoms with van der Waals surface area (Å²) in [5.41, 5.74) is 8.71. The smallest absolute Gasteiger partial charge is 0.324 e. The molecule has 1 atom stereocenters. The molecule has 0 bridgehead atoms. The van der Waals surface area contributed by atoms with Crippen LogP contribution in [0.3, 0.4) is 0 Å². The number of benzene rings is 1. The number of hydrogen-bond donors (Lipinski definition) is 3. The van der Waals surface area contributed by atoms with E-state index in [9.17, 15) is 4.79 Å². The van der Waals surface area contributed by atoms with Crippen LogP contribution in [0.25, 0.3) is 0 Å². The number of aryl methyl sites for hydroxylation is 2. The fraction of sp³-hybridized carbons (Fsp3) is 0.333. The lowest BCUT2D eigenvalue weighted by atomic mass is 10.1. The summed E-state index contributed by atoms with van der Waals surface area (Å²) in [6.45, 7) is 1.93. The predicted molar refractivity (Wildman–Crippen MR) is 85.8 cm³/mol. The van der Waals surface area contributed by atoms with E-state index in [0.717, 1.165) is 29.8 Å². The van der Waals surface area contributed by atoms with Gasteiger partial charge in [0.2, 0.25) is 0 Å². The van der Waals surface area contributed by atoms with E-state index in [0.29, 0.717) is 5.13 Å². The zero-order chi connectivity index (χ0) is 14.8. The summed E-state index contributed by atoms with van der Waals surface area (Å²) in [6.07, 6.45) is 3.27. The normalized spacial score (nSPS) is 14.6. The van der Waals surface area contributed by atoms with E-state index >= 15 is 0 Å². The van der Waals surface area contributed by atoms with Gasteiger partial charge in [-0.25, -0.2) is 9.78 Å². The van der Waals surface area contributed by atoms with Gasteiger partial charge >= 0.3 is 6.03 Å². The van der Waals surface area contributed by atoms with Gasteiger partial charge in [-0.1, -0.05) is 12.1 Å². The number of carbonyl (C=O) groups excluding carboxylic acids is 1. The molecule has 1 heterocycles. The highest BCUT2D eigenvalue weighted by Gasteiger charge is 2.17. The molecule has 0 saturated carbocycles. The standard InChI is InChI=1S/C15H18N4OS/c1-9(16)10-5-7-11(8-6-10)17-14(20)19-15-18-12-3-2-4-13(12)21-15/h5-9H,2-4,16H2,1H3,(H2,17,18,19,20). The van der Waals surface area contributed by atoms with Gasteiger partial charge in [0.1, 0.15) is 0 Å². The fourth-order valence-electron chi connectivity index (χ4n) is 2.37. The lowest BCUT2D eigenvalue weighted by Gasteiger charge is -2.08. The third kappa shape index (κ3) is 3.22. The maximum absolute atomic E-state index is 11.9. The van der Waals surface area contributed by atoms with Crippen molar-refractivity contribution in [2.24, 2.45) is 5.73 Å². The molecule has 4 N–H and O–H groups in total. The minimum Gasteiger partial charge on any atom is -0.324 e. The molecule has 2 amide bonds. The van der Waals surface area contributed by atoms with Crippen LogP contribution in [0, 0.1) is 0 Å². The van der Waals surface area contributed by atoms with E-state index in [4.69, 9.17) is 5.73 Å². The number of urea groups is 1. The summed E-state index contributed by atoms with van der Waals surface area (Å²) in [6, 6.07) is 7.25. The number of rotatable bonds is 3. The van der Waals surface area contributed by atoms with Crippen molar-refractivity contribution >= 4 is 28.2 Å². The molecule has 0 fully saturated rings. The predicted octanol–water partition coefficient (Wildman–Crippen LogP) is 3.30. The second-order valence-electron chi connectivity index (χ2n) is 5.23. The number of fused-ring (bicyclic) bond motifs is 1. The highest BCUT2D eigenvalue weighted by Crippen LogP contribution is 2.30. The summed E-state index contributed by atoms with van der Waals surface area (Å²) in [5.74, 6) is 0. The van der Waals surface area contributed by atoms with Crippen LogP contribution in [0.5, 0.6) is 0 Å². The van der Waals surface area contributed by atoms with Gasteiger partial charge in [-0.2, -0.15) is 0 Å². The van der Waals surface area contributed by atoms with Crippen LogP contribution in [0.1, 0.15) is 35.5 Å². The number of nitrogens with zero attached hydrogens (tertiary/aromatic N) is 1. The number of carbonyl (C=O) groups is 1. The first-order valence-electron chi connectivity index (χ1n) is 7.04. The molecule has 1 aromatic heterocycles. The molecular formula is C15H18N4OS. The Kier molecular flexibility index (Phi) is 3.90. The van der Waals surface area contributed by atoms with Crippen LogP contribution < -0.4 is 16.4 Å². The monoisotopic (exact) mass is 302 g/mol. The molecule has 6 heteroatoms. The Hall–Kier alpha value is -1.92. The summed E-state index contributed by atoms with van der Waals surface area (Å²) in [7, 11) is 0. The van der Waals surface area contributed by atoms with Gasteiger partial charge in [0.15, 0.2) is 5.13 Å². The summed E-state index contributed by atoms with van der Waals surface area (Å²) < 4.78 is 0. The first kappa shape index (κ1) is 14.0. The molecule has 0 radical (unpaired) electrons. The number of nitrogens with two attached hydrogens (primary N) is 1. The number of nitrogens with one attached hydrogen (secondary N) is 2. The van der Waals surface area contributed by atoms with Crippen LogP contribution in [-0.2, 0) is 12.8 Å². The number of hydrogen-bond acceptors (Lipinski definition) is 4. The Labute approximate surface area is 127 Å². The van der Waals surface area contributed by atoms with Gasteiger partial charge in [-0.15, -0.1) is 11.3 Å². The SMILES string of the molecule is CC(N)c1ccc(NC(=O)Nc2nc3c(s2)CCC3)cc1. The van der Waals surface area contributed by atoms with E-state index in [2.05, 4.69) is 15.6 Å². The number of thiazole rings is 1. The minimum absolute atomic E-state index is 0.00872. The quantitative estimate of drug-likeness (QED) is 0.814. The van der Waals surface area contributed by atoms with Gasteiger partial charge in [-0.05, 0) is 43.9 Å². The third-order valence-corrected chi connectivity index (χ3v) is 4.58. The van der Waals surface area contributed by atoms with E-state index in [1.807, 2.05) is 31.2 Å². The van der Waals surface area contributed by atoms with Gasteiger partial charge in [0.25, 0.3) is 0 Å². The molecule has 110 valence electrons. The maximum Gasteiger partial charge on any atom is 0.325 e. The average Bonchev–Trinajstić information content (AvgIpc) is 3.00. The Morgan fingerprint density at radius 3 is 2.71 bits per heavy atom. The van der Waals surface area contributed by atoms with E-state index < -0.39 is 0 Å². The summed E-state index contributed by atoms with van der Waals surface area (Å²) in [4.78, 5) is 17.7. The van der Waals surface area contributed by atoms with Crippen LogP contribution in [0.2, 0.25) is 0 Å². The molecule has 3 rings (SSSR count). The largest absolute Gasteiger partial charge is 0.325 e. The molecule has 0 aliphatic heterocycles. The van der Waals surface area contributed by atoms with Gasteiger partial charge in [0, 0.05) is 16.6 Å². The van der Waals surface area contributed by atoms with Gasteiger partial charge in [0.05, 0.1) is 5.69 Å². The van der Waals surface area contributed by atoms with Crippen LogP contribution in [0.4, 0.5) is 15.6 Å². The van der Waals surface area contributed by atoms with Crippen LogP contribution in [-0.4, -0.2) is 11.0 Å². The van der Waals surface area contributed by atoms with Crippen molar-refractivity contribution in [3.63, 3.8) is 0 Å². The Morgan fingerprint density at radius 2 is 2.05 bits per heavy atom. The Bertz CT molecular complexity index is 627. The molecule has 2 aromatic rings. The first-order chi connectivity index (χ1) is 10.1. The summed E-state index contributed by atoms with van der Waals surface area (Å²) in [5, 5.41) is 6.26. The molecule has 1 aliphatic carbocycles. The van der Waals surface area contributed by atoms with Crippen molar-refractivity contribution in [3.05, 3.63) is 40.4 Å². The van der Waals surface area contributed by atoms with E-state index in [1.54, 1.807) is 11.3 Å².